The molecule has 10 heavy (non-hydrogen) atoms. The van der Waals surface area contributed by atoms with E-state index in [0.717, 1.165) is 5.57 Å². The Morgan fingerprint density at radius 3 is 2.50 bits per heavy atom. The third-order valence-electron chi connectivity index (χ3n) is 1.25. The maximum absolute atomic E-state index is 5.08. The number of hydrogen-bond donors (Lipinski definition) is 0. The fourth-order valence-electron chi connectivity index (χ4n) is 0.758. The molecule has 0 bridgehead atoms. The summed E-state index contributed by atoms with van der Waals surface area (Å²) in [4.78, 5) is 0. The average molecular weight is 134 g/mol. The predicted octanol–water partition coefficient (Wildman–Crippen LogP) is 2.20. The smallest absolute Gasteiger partial charge is 0.135 e. The van der Waals surface area contributed by atoms with E-state index in [1.165, 1.54) is 6.26 Å². The standard InChI is InChI=1S/C9H10O/c1-3-10-9-6-4-8(2)5-7-9/h3-7,9H,1-2H2. The van der Waals surface area contributed by atoms with Gasteiger partial charge in [-0.3, -0.25) is 0 Å². The number of hydrogen-bond acceptors (Lipinski definition) is 1. The van der Waals surface area contributed by atoms with Crippen molar-refractivity contribution >= 4 is 0 Å². The van der Waals surface area contributed by atoms with Crippen molar-refractivity contribution < 1.29 is 4.74 Å². The monoisotopic (exact) mass is 134 g/mol. The molecular formula is C9H10O. The summed E-state index contributed by atoms with van der Waals surface area (Å²) in [6, 6.07) is 0. The van der Waals surface area contributed by atoms with Crippen LogP contribution >= 0.6 is 0 Å². The van der Waals surface area contributed by atoms with Crippen LogP contribution in [0, 0.1) is 0 Å². The van der Waals surface area contributed by atoms with Gasteiger partial charge in [0.1, 0.15) is 6.10 Å². The zero-order valence-electron chi connectivity index (χ0n) is 5.79. The van der Waals surface area contributed by atoms with Crippen molar-refractivity contribution in [3.63, 3.8) is 0 Å². The van der Waals surface area contributed by atoms with Crippen LogP contribution in [0.25, 0.3) is 0 Å². The van der Waals surface area contributed by atoms with Crippen molar-refractivity contribution in [3.05, 3.63) is 49.3 Å². The number of allylic oxidation sites excluding steroid dienone is 3. The molecule has 0 fully saturated rings. The van der Waals surface area contributed by atoms with Gasteiger partial charge in [0.05, 0.1) is 6.26 Å². The largest absolute Gasteiger partial charge is 0.490 e. The third-order valence-corrected chi connectivity index (χ3v) is 1.25. The molecule has 1 nitrogen and oxygen atoms in total. The summed E-state index contributed by atoms with van der Waals surface area (Å²) in [5.74, 6) is 0. The van der Waals surface area contributed by atoms with E-state index in [9.17, 15) is 0 Å². The Morgan fingerprint density at radius 1 is 1.40 bits per heavy atom. The first-order valence-corrected chi connectivity index (χ1v) is 3.14. The highest BCUT2D eigenvalue weighted by atomic mass is 16.5. The van der Waals surface area contributed by atoms with Crippen LogP contribution < -0.4 is 0 Å². The van der Waals surface area contributed by atoms with Gasteiger partial charge < -0.3 is 4.74 Å². The minimum absolute atomic E-state index is 0.0444. The molecule has 0 spiro atoms. The second-order valence-electron chi connectivity index (χ2n) is 2.06. The fourth-order valence-corrected chi connectivity index (χ4v) is 0.758. The summed E-state index contributed by atoms with van der Waals surface area (Å²) in [6.07, 6.45) is 9.20. The van der Waals surface area contributed by atoms with Crippen molar-refractivity contribution in [2.45, 2.75) is 6.10 Å². The lowest BCUT2D eigenvalue weighted by atomic mass is 10.1. The molecule has 0 aliphatic heterocycles. The average Bonchev–Trinajstić information content (AvgIpc) is 1.95. The Labute approximate surface area is 61.0 Å². The Bertz CT molecular complexity index is 183. The molecule has 0 radical (unpaired) electrons. The summed E-state index contributed by atoms with van der Waals surface area (Å²) in [6.45, 7) is 7.22. The van der Waals surface area contributed by atoms with Crippen LogP contribution in [0.5, 0.6) is 0 Å². The zero-order chi connectivity index (χ0) is 7.40. The molecule has 52 valence electrons. The van der Waals surface area contributed by atoms with E-state index in [4.69, 9.17) is 4.74 Å². The Kier molecular flexibility index (Phi) is 2.11. The minimum atomic E-state index is 0.0444. The van der Waals surface area contributed by atoms with Gasteiger partial charge in [0, 0.05) is 0 Å². The van der Waals surface area contributed by atoms with Crippen LogP contribution in [0.1, 0.15) is 0 Å². The molecule has 1 heteroatoms. The lowest BCUT2D eigenvalue weighted by Gasteiger charge is -2.10. The summed E-state index contributed by atoms with van der Waals surface area (Å²) >= 11 is 0. The van der Waals surface area contributed by atoms with Gasteiger partial charge in [-0.25, -0.2) is 0 Å². The highest BCUT2D eigenvalue weighted by Gasteiger charge is 2.00. The van der Waals surface area contributed by atoms with Gasteiger partial charge in [0.15, 0.2) is 0 Å². The van der Waals surface area contributed by atoms with Gasteiger partial charge in [0.2, 0.25) is 0 Å². The van der Waals surface area contributed by atoms with E-state index >= 15 is 0 Å². The zero-order valence-corrected chi connectivity index (χ0v) is 5.79. The van der Waals surface area contributed by atoms with Crippen LogP contribution in [0.3, 0.4) is 0 Å². The first kappa shape index (κ1) is 6.87. The van der Waals surface area contributed by atoms with Gasteiger partial charge in [-0.15, -0.1) is 0 Å². The van der Waals surface area contributed by atoms with E-state index in [0.29, 0.717) is 0 Å². The van der Waals surface area contributed by atoms with Crippen molar-refractivity contribution in [2.24, 2.45) is 0 Å². The third kappa shape index (κ3) is 1.62. The summed E-state index contributed by atoms with van der Waals surface area (Å²) < 4.78 is 5.08. The van der Waals surface area contributed by atoms with Crippen LogP contribution in [0.15, 0.2) is 49.3 Å². The second-order valence-corrected chi connectivity index (χ2v) is 2.06. The van der Waals surface area contributed by atoms with Crippen LogP contribution in [-0.2, 0) is 4.74 Å². The molecule has 0 amide bonds. The van der Waals surface area contributed by atoms with E-state index in [2.05, 4.69) is 13.2 Å². The quantitative estimate of drug-likeness (QED) is 0.526. The highest BCUT2D eigenvalue weighted by Crippen LogP contribution is 2.08. The van der Waals surface area contributed by atoms with Gasteiger partial charge in [-0.05, 0) is 17.7 Å². The van der Waals surface area contributed by atoms with Gasteiger partial charge in [-0.2, -0.15) is 0 Å². The molecular weight excluding hydrogens is 124 g/mol. The molecule has 0 heterocycles. The molecule has 1 rings (SSSR count). The summed E-state index contributed by atoms with van der Waals surface area (Å²) in [5, 5.41) is 0. The normalized spacial score (nSPS) is 17.4. The van der Waals surface area contributed by atoms with Crippen molar-refractivity contribution in [1.82, 2.24) is 0 Å². The molecule has 1 aliphatic carbocycles. The van der Waals surface area contributed by atoms with Crippen molar-refractivity contribution in [2.75, 3.05) is 0 Å². The SMILES string of the molecule is C=COC1C=CC(=C)C=C1. The van der Waals surface area contributed by atoms with Gasteiger partial charge >= 0.3 is 0 Å². The lowest BCUT2D eigenvalue weighted by molar-refractivity contribution is 0.228. The Hall–Kier alpha value is -1.24. The first-order valence-electron chi connectivity index (χ1n) is 3.14. The summed E-state index contributed by atoms with van der Waals surface area (Å²) in [7, 11) is 0. The molecule has 0 saturated heterocycles. The molecule has 0 aromatic carbocycles. The topological polar surface area (TPSA) is 9.23 Å². The van der Waals surface area contributed by atoms with E-state index < -0.39 is 0 Å². The molecule has 0 aromatic heterocycles. The molecule has 0 N–H and O–H groups in total. The Morgan fingerprint density at radius 2 is 2.00 bits per heavy atom. The first-order chi connectivity index (χ1) is 4.83. The molecule has 0 aromatic rings. The molecule has 1 aliphatic rings. The number of ether oxygens (including phenoxy) is 1. The van der Waals surface area contributed by atoms with Gasteiger partial charge in [0.25, 0.3) is 0 Å². The van der Waals surface area contributed by atoms with Crippen molar-refractivity contribution in [1.29, 1.82) is 0 Å². The molecule has 0 unspecified atom stereocenters. The minimum Gasteiger partial charge on any atom is -0.490 e. The Balaban J connectivity index is 2.53. The van der Waals surface area contributed by atoms with Crippen LogP contribution in [-0.4, -0.2) is 6.10 Å². The van der Waals surface area contributed by atoms with E-state index in [1.54, 1.807) is 0 Å². The maximum atomic E-state index is 5.08. The second kappa shape index (κ2) is 3.06. The van der Waals surface area contributed by atoms with E-state index in [-0.39, 0.29) is 6.10 Å². The van der Waals surface area contributed by atoms with Gasteiger partial charge in [-0.1, -0.05) is 25.3 Å². The van der Waals surface area contributed by atoms with Crippen molar-refractivity contribution in [3.8, 4) is 0 Å². The summed E-state index contributed by atoms with van der Waals surface area (Å²) in [5.41, 5.74) is 1.00. The van der Waals surface area contributed by atoms with Crippen LogP contribution in [0.2, 0.25) is 0 Å². The maximum Gasteiger partial charge on any atom is 0.135 e. The molecule has 0 atom stereocenters. The predicted molar refractivity (Wildman–Crippen MR) is 42.5 cm³/mol. The number of rotatable bonds is 2. The molecule has 0 saturated carbocycles. The fraction of sp³-hybridized carbons (Fsp3) is 0.111. The van der Waals surface area contributed by atoms with Crippen LogP contribution in [0.4, 0.5) is 0 Å². The van der Waals surface area contributed by atoms with E-state index in [1.807, 2.05) is 24.3 Å². The lowest BCUT2D eigenvalue weighted by Crippen LogP contribution is -2.03. The highest BCUT2D eigenvalue weighted by molar-refractivity contribution is 5.34.